The van der Waals surface area contributed by atoms with Crippen molar-refractivity contribution in [3.05, 3.63) is 29.8 Å². The molecule has 0 atom stereocenters. The zero-order valence-corrected chi connectivity index (χ0v) is 14.1. The van der Waals surface area contributed by atoms with Gasteiger partial charge < -0.3 is 19.7 Å². The van der Waals surface area contributed by atoms with Crippen LogP contribution in [0.4, 0.5) is 0 Å². The van der Waals surface area contributed by atoms with Gasteiger partial charge in [-0.1, -0.05) is 12.1 Å². The van der Waals surface area contributed by atoms with Crippen LogP contribution < -0.4 is 10.1 Å². The van der Waals surface area contributed by atoms with Gasteiger partial charge in [0.25, 0.3) is 5.91 Å². The largest absolute Gasteiger partial charge is 0.491 e. The number of hydrogen-bond acceptors (Lipinski definition) is 5. The monoisotopic (exact) mass is 321 g/mol. The first-order valence-electron chi connectivity index (χ1n) is 8.11. The second-order valence-corrected chi connectivity index (χ2v) is 5.86. The second-order valence-electron chi connectivity index (χ2n) is 5.86. The summed E-state index contributed by atoms with van der Waals surface area (Å²) in [6.45, 7) is 6.26. The molecular weight excluding hydrogens is 294 g/mol. The van der Waals surface area contributed by atoms with Crippen LogP contribution in [0, 0.1) is 0 Å². The van der Waals surface area contributed by atoms with Gasteiger partial charge in [0.15, 0.2) is 0 Å². The quantitative estimate of drug-likeness (QED) is 0.763. The van der Waals surface area contributed by atoms with Crippen molar-refractivity contribution in [1.29, 1.82) is 0 Å². The first-order valence-corrected chi connectivity index (χ1v) is 8.11. The number of ether oxygens (including phenoxy) is 2. The Labute approximate surface area is 138 Å². The number of rotatable bonds is 8. The number of morpholine rings is 1. The van der Waals surface area contributed by atoms with E-state index in [-0.39, 0.29) is 5.91 Å². The highest BCUT2D eigenvalue weighted by Crippen LogP contribution is 2.17. The van der Waals surface area contributed by atoms with E-state index in [2.05, 4.69) is 10.2 Å². The number of amides is 1. The van der Waals surface area contributed by atoms with Crippen molar-refractivity contribution in [3.8, 4) is 5.75 Å². The van der Waals surface area contributed by atoms with Gasteiger partial charge in [0.05, 0.1) is 18.8 Å². The number of hydrogen-bond donors (Lipinski definition) is 1. The van der Waals surface area contributed by atoms with Gasteiger partial charge in [-0.25, -0.2) is 0 Å². The Hall–Kier alpha value is -1.63. The van der Waals surface area contributed by atoms with E-state index in [1.54, 1.807) is 6.07 Å². The number of nitrogens with zero attached hydrogens (tertiary/aromatic N) is 2. The molecule has 1 aromatic rings. The summed E-state index contributed by atoms with van der Waals surface area (Å²) in [6.07, 6.45) is 0. The van der Waals surface area contributed by atoms with E-state index >= 15 is 0 Å². The maximum absolute atomic E-state index is 12.4. The molecule has 1 saturated heterocycles. The smallest absolute Gasteiger partial charge is 0.255 e. The predicted molar refractivity (Wildman–Crippen MR) is 90.1 cm³/mol. The Kier molecular flexibility index (Phi) is 7.32. The van der Waals surface area contributed by atoms with Crippen molar-refractivity contribution in [2.75, 3.05) is 66.6 Å². The van der Waals surface area contributed by atoms with Crippen LogP contribution in [0.3, 0.4) is 0 Å². The maximum Gasteiger partial charge on any atom is 0.255 e. The van der Waals surface area contributed by atoms with Gasteiger partial charge in [0.2, 0.25) is 0 Å². The first kappa shape index (κ1) is 17.7. The van der Waals surface area contributed by atoms with Crippen LogP contribution in [0.5, 0.6) is 5.75 Å². The molecule has 23 heavy (non-hydrogen) atoms. The molecule has 0 unspecified atom stereocenters. The van der Waals surface area contributed by atoms with Gasteiger partial charge in [0.1, 0.15) is 12.4 Å². The number of benzene rings is 1. The Bertz CT molecular complexity index is 488. The summed E-state index contributed by atoms with van der Waals surface area (Å²) < 4.78 is 11.1. The number of likely N-dealkylation sites (N-methyl/N-ethyl adjacent to an activating group) is 1. The molecule has 1 fully saturated rings. The molecule has 1 aliphatic rings. The third kappa shape index (κ3) is 6.17. The molecule has 6 nitrogen and oxygen atoms in total. The van der Waals surface area contributed by atoms with E-state index in [4.69, 9.17) is 9.47 Å². The van der Waals surface area contributed by atoms with E-state index < -0.39 is 0 Å². The molecule has 1 amide bonds. The van der Waals surface area contributed by atoms with Gasteiger partial charge in [-0.2, -0.15) is 0 Å². The lowest BCUT2D eigenvalue weighted by Gasteiger charge is -2.26. The molecule has 128 valence electrons. The molecule has 0 aromatic heterocycles. The Morgan fingerprint density at radius 3 is 2.78 bits per heavy atom. The molecule has 2 rings (SSSR count). The Balaban J connectivity index is 1.80. The van der Waals surface area contributed by atoms with Crippen LogP contribution in [0.25, 0.3) is 0 Å². The van der Waals surface area contributed by atoms with Gasteiger partial charge in [0, 0.05) is 32.7 Å². The van der Waals surface area contributed by atoms with E-state index in [0.29, 0.717) is 24.5 Å². The SMILES string of the molecule is CN(C)CCOc1ccccc1C(=O)NCCN1CCOCC1. The molecule has 0 aliphatic carbocycles. The Morgan fingerprint density at radius 2 is 2.04 bits per heavy atom. The van der Waals surface area contributed by atoms with Crippen LogP contribution >= 0.6 is 0 Å². The van der Waals surface area contributed by atoms with Crippen molar-refractivity contribution < 1.29 is 14.3 Å². The summed E-state index contributed by atoms with van der Waals surface area (Å²) in [5.41, 5.74) is 0.591. The Morgan fingerprint density at radius 1 is 1.30 bits per heavy atom. The lowest BCUT2D eigenvalue weighted by molar-refractivity contribution is 0.0383. The maximum atomic E-state index is 12.4. The number of nitrogens with one attached hydrogen (secondary N) is 1. The predicted octanol–water partition coefficient (Wildman–Crippen LogP) is 0.689. The highest BCUT2D eigenvalue weighted by molar-refractivity contribution is 5.96. The lowest BCUT2D eigenvalue weighted by Crippen LogP contribution is -2.41. The van der Waals surface area contributed by atoms with E-state index in [0.717, 1.165) is 39.4 Å². The van der Waals surface area contributed by atoms with Crippen LogP contribution in [-0.2, 0) is 4.74 Å². The molecule has 0 radical (unpaired) electrons. The number of carbonyl (C=O) groups excluding carboxylic acids is 1. The van der Waals surface area contributed by atoms with E-state index in [1.165, 1.54) is 0 Å². The highest BCUT2D eigenvalue weighted by atomic mass is 16.5. The standard InChI is InChI=1S/C17H27N3O3/c1-19(2)9-14-23-16-6-4-3-5-15(16)17(21)18-7-8-20-10-12-22-13-11-20/h3-6H,7-14H2,1-2H3,(H,18,21). The molecule has 1 heterocycles. The molecule has 0 bridgehead atoms. The van der Waals surface area contributed by atoms with Crippen molar-refractivity contribution in [3.63, 3.8) is 0 Å². The second kappa shape index (κ2) is 9.50. The first-order chi connectivity index (χ1) is 11.2. The number of para-hydroxylation sites is 1. The third-order valence-corrected chi connectivity index (χ3v) is 3.75. The summed E-state index contributed by atoms with van der Waals surface area (Å²) in [7, 11) is 3.99. The van der Waals surface area contributed by atoms with Crippen molar-refractivity contribution in [2.24, 2.45) is 0 Å². The minimum atomic E-state index is -0.0845. The normalized spacial score (nSPS) is 15.6. The molecule has 1 aliphatic heterocycles. The summed E-state index contributed by atoms with van der Waals surface area (Å²) in [5.74, 6) is 0.553. The van der Waals surface area contributed by atoms with E-state index in [9.17, 15) is 4.79 Å². The zero-order chi connectivity index (χ0) is 16.5. The fourth-order valence-electron chi connectivity index (χ4n) is 2.37. The average molecular weight is 321 g/mol. The van der Waals surface area contributed by atoms with Crippen LogP contribution in [0.2, 0.25) is 0 Å². The summed E-state index contributed by atoms with van der Waals surface area (Å²) in [6, 6.07) is 7.38. The molecular formula is C17H27N3O3. The van der Waals surface area contributed by atoms with Gasteiger partial charge >= 0.3 is 0 Å². The zero-order valence-electron chi connectivity index (χ0n) is 14.1. The topological polar surface area (TPSA) is 54.0 Å². The summed E-state index contributed by atoms with van der Waals surface area (Å²) in [5, 5.41) is 2.97. The number of carbonyl (C=O) groups is 1. The minimum absolute atomic E-state index is 0.0845. The fourth-order valence-corrected chi connectivity index (χ4v) is 2.37. The molecule has 6 heteroatoms. The van der Waals surface area contributed by atoms with Gasteiger partial charge in [-0.05, 0) is 26.2 Å². The van der Waals surface area contributed by atoms with Gasteiger partial charge in [-0.3, -0.25) is 9.69 Å². The van der Waals surface area contributed by atoms with Crippen molar-refractivity contribution in [1.82, 2.24) is 15.1 Å². The van der Waals surface area contributed by atoms with Crippen LogP contribution in [-0.4, -0.2) is 82.3 Å². The van der Waals surface area contributed by atoms with Gasteiger partial charge in [-0.15, -0.1) is 0 Å². The minimum Gasteiger partial charge on any atom is -0.491 e. The van der Waals surface area contributed by atoms with Crippen molar-refractivity contribution >= 4 is 5.91 Å². The lowest BCUT2D eigenvalue weighted by atomic mass is 10.2. The average Bonchev–Trinajstić information content (AvgIpc) is 2.56. The molecule has 0 saturated carbocycles. The summed E-state index contributed by atoms with van der Waals surface area (Å²) >= 11 is 0. The third-order valence-electron chi connectivity index (χ3n) is 3.75. The van der Waals surface area contributed by atoms with Crippen LogP contribution in [0.15, 0.2) is 24.3 Å². The summed E-state index contributed by atoms with van der Waals surface area (Å²) in [4.78, 5) is 16.7. The van der Waals surface area contributed by atoms with Crippen molar-refractivity contribution in [2.45, 2.75) is 0 Å². The molecule has 0 spiro atoms. The van der Waals surface area contributed by atoms with Crippen LogP contribution in [0.1, 0.15) is 10.4 Å². The molecule has 1 N–H and O–H groups in total. The van der Waals surface area contributed by atoms with E-state index in [1.807, 2.05) is 37.2 Å². The fraction of sp³-hybridized carbons (Fsp3) is 0.588. The highest BCUT2D eigenvalue weighted by Gasteiger charge is 2.13. The molecule has 1 aromatic carbocycles.